The largest absolute Gasteiger partial charge is 0.508 e. The zero-order valence-electron chi connectivity index (χ0n) is 20.0. The molecule has 2 aliphatic rings. The summed E-state index contributed by atoms with van der Waals surface area (Å²) in [7, 11) is 0. The van der Waals surface area contributed by atoms with E-state index in [4.69, 9.17) is 9.47 Å². The van der Waals surface area contributed by atoms with E-state index in [1.54, 1.807) is 24.3 Å². The Hall–Kier alpha value is -3.51. The molecule has 1 fully saturated rings. The van der Waals surface area contributed by atoms with Crippen LogP contribution in [0.2, 0.25) is 0 Å². The summed E-state index contributed by atoms with van der Waals surface area (Å²) < 4.78 is 27.1. The molecule has 0 amide bonds. The molecule has 0 radical (unpaired) electrons. The first-order valence-electron chi connectivity index (χ1n) is 12.0. The molecule has 2 atom stereocenters. The maximum atomic E-state index is 14.8. The van der Waals surface area contributed by atoms with Crippen molar-refractivity contribution < 1.29 is 24.1 Å². The normalized spacial score (nSPS) is 20.0. The lowest BCUT2D eigenvalue weighted by Crippen LogP contribution is -2.25. The van der Waals surface area contributed by atoms with E-state index in [0.717, 1.165) is 59.6 Å². The zero-order chi connectivity index (χ0) is 24.5. The van der Waals surface area contributed by atoms with Gasteiger partial charge < -0.3 is 19.7 Å². The van der Waals surface area contributed by atoms with Crippen LogP contribution in [0.1, 0.15) is 43.1 Å². The number of fused-ring (bicyclic) bond motifs is 1. The van der Waals surface area contributed by atoms with Crippen LogP contribution in [0.3, 0.4) is 0 Å². The standard InChI is InChI=1S/C29H30FNO4/c1-18-11-12-31(17-18)13-14-34-24-9-5-21(6-10-24)29-27(20-3-7-22(32)8-4-20)19(2)28-25(30)15-23(33)16-26(28)35-29/h3-10,15-16,18,29,32-33H,11-14,17H2,1-2H3/t18-,29?/m1/s1. The summed E-state index contributed by atoms with van der Waals surface area (Å²) in [5.41, 5.74) is 3.56. The van der Waals surface area contributed by atoms with Crippen LogP contribution in [0.4, 0.5) is 4.39 Å². The molecule has 2 heterocycles. The summed E-state index contributed by atoms with van der Waals surface area (Å²) in [6.07, 6.45) is 0.727. The average molecular weight is 476 g/mol. The van der Waals surface area contributed by atoms with E-state index in [9.17, 15) is 14.6 Å². The molecule has 182 valence electrons. The van der Waals surface area contributed by atoms with Crippen molar-refractivity contribution in [1.29, 1.82) is 0 Å². The maximum Gasteiger partial charge on any atom is 0.150 e. The highest BCUT2D eigenvalue weighted by atomic mass is 19.1. The van der Waals surface area contributed by atoms with Crippen LogP contribution in [0, 0.1) is 11.7 Å². The van der Waals surface area contributed by atoms with Crippen molar-refractivity contribution in [3.05, 3.63) is 83.2 Å². The molecule has 0 bridgehead atoms. The third kappa shape index (κ3) is 4.84. The number of allylic oxidation sites excluding steroid dienone is 1. The Morgan fingerprint density at radius 2 is 1.77 bits per heavy atom. The highest BCUT2D eigenvalue weighted by Gasteiger charge is 2.31. The molecular weight excluding hydrogens is 445 g/mol. The van der Waals surface area contributed by atoms with Crippen molar-refractivity contribution in [1.82, 2.24) is 4.90 Å². The summed E-state index contributed by atoms with van der Waals surface area (Å²) in [5.74, 6) is 1.27. The van der Waals surface area contributed by atoms with Gasteiger partial charge in [-0.05, 0) is 66.8 Å². The van der Waals surface area contributed by atoms with Gasteiger partial charge >= 0.3 is 0 Å². The Morgan fingerprint density at radius 1 is 1.03 bits per heavy atom. The molecule has 1 saturated heterocycles. The van der Waals surface area contributed by atoms with Crippen molar-refractivity contribution in [2.24, 2.45) is 5.92 Å². The molecule has 0 saturated carbocycles. The number of hydrogen-bond acceptors (Lipinski definition) is 5. The Kier molecular flexibility index (Phi) is 6.39. The molecule has 0 aromatic heterocycles. The minimum absolute atomic E-state index is 0.154. The Morgan fingerprint density at radius 3 is 2.46 bits per heavy atom. The monoisotopic (exact) mass is 475 g/mol. The topological polar surface area (TPSA) is 62.2 Å². The number of nitrogens with zero attached hydrogens (tertiary/aromatic N) is 1. The van der Waals surface area contributed by atoms with Gasteiger partial charge in [-0.1, -0.05) is 31.2 Å². The lowest BCUT2D eigenvalue weighted by atomic mass is 9.86. The number of ether oxygens (including phenoxy) is 2. The maximum absolute atomic E-state index is 14.8. The van der Waals surface area contributed by atoms with Gasteiger partial charge in [-0.15, -0.1) is 0 Å². The third-order valence-corrected chi connectivity index (χ3v) is 6.87. The van der Waals surface area contributed by atoms with Crippen LogP contribution < -0.4 is 9.47 Å². The van der Waals surface area contributed by atoms with E-state index in [0.29, 0.717) is 17.9 Å². The molecule has 3 aromatic rings. The fourth-order valence-corrected chi connectivity index (χ4v) is 5.05. The van der Waals surface area contributed by atoms with Crippen molar-refractivity contribution in [3.8, 4) is 23.0 Å². The van der Waals surface area contributed by atoms with Crippen LogP contribution in [0.5, 0.6) is 23.0 Å². The number of likely N-dealkylation sites (tertiary alicyclic amines) is 1. The summed E-state index contributed by atoms with van der Waals surface area (Å²) in [4.78, 5) is 2.43. The zero-order valence-corrected chi connectivity index (χ0v) is 20.0. The van der Waals surface area contributed by atoms with Gasteiger partial charge in [-0.3, -0.25) is 4.90 Å². The van der Waals surface area contributed by atoms with E-state index in [1.165, 1.54) is 12.5 Å². The lowest BCUT2D eigenvalue weighted by Gasteiger charge is -2.31. The Balaban J connectivity index is 1.42. The molecule has 5 nitrogen and oxygen atoms in total. The second-order valence-corrected chi connectivity index (χ2v) is 9.50. The highest BCUT2D eigenvalue weighted by molar-refractivity contribution is 5.95. The molecule has 0 spiro atoms. The smallest absolute Gasteiger partial charge is 0.150 e. The lowest BCUT2D eigenvalue weighted by molar-refractivity contribution is 0.233. The third-order valence-electron chi connectivity index (χ3n) is 6.87. The first-order chi connectivity index (χ1) is 16.9. The molecule has 1 unspecified atom stereocenters. The number of halogens is 1. The van der Waals surface area contributed by atoms with Crippen LogP contribution >= 0.6 is 0 Å². The minimum atomic E-state index is -0.539. The predicted molar refractivity (Wildman–Crippen MR) is 134 cm³/mol. The first kappa shape index (κ1) is 23.2. The molecule has 2 N–H and O–H groups in total. The second kappa shape index (κ2) is 9.62. The summed E-state index contributed by atoms with van der Waals surface area (Å²) in [5, 5.41) is 19.7. The van der Waals surface area contributed by atoms with Crippen LogP contribution in [-0.4, -0.2) is 41.4 Å². The quantitative estimate of drug-likeness (QED) is 0.456. The van der Waals surface area contributed by atoms with Crippen molar-refractivity contribution in [2.75, 3.05) is 26.2 Å². The number of rotatable bonds is 6. The SMILES string of the molecule is CC1=C(c2ccc(O)cc2)C(c2ccc(OCCN3CC[C@@H](C)C3)cc2)Oc2cc(O)cc(F)c21. The summed E-state index contributed by atoms with van der Waals surface area (Å²) in [6.45, 7) is 7.94. The van der Waals surface area contributed by atoms with Crippen LogP contribution in [-0.2, 0) is 0 Å². The van der Waals surface area contributed by atoms with Gasteiger partial charge in [0.15, 0.2) is 0 Å². The predicted octanol–water partition coefficient (Wildman–Crippen LogP) is 6.02. The Labute approximate surface area is 205 Å². The van der Waals surface area contributed by atoms with E-state index in [1.807, 2.05) is 31.2 Å². The number of phenolic OH excluding ortho intramolecular Hbond substituents is 2. The minimum Gasteiger partial charge on any atom is -0.508 e. The van der Waals surface area contributed by atoms with Gasteiger partial charge in [0, 0.05) is 30.8 Å². The number of hydrogen-bond donors (Lipinski definition) is 2. The van der Waals surface area contributed by atoms with Gasteiger partial charge in [-0.2, -0.15) is 0 Å². The molecule has 5 rings (SSSR count). The van der Waals surface area contributed by atoms with Gasteiger partial charge in [0.2, 0.25) is 0 Å². The second-order valence-electron chi connectivity index (χ2n) is 9.50. The van der Waals surface area contributed by atoms with Gasteiger partial charge in [0.1, 0.15) is 41.5 Å². The van der Waals surface area contributed by atoms with Crippen molar-refractivity contribution in [2.45, 2.75) is 26.4 Å². The van der Waals surface area contributed by atoms with Gasteiger partial charge in [-0.25, -0.2) is 4.39 Å². The molecule has 3 aromatic carbocycles. The number of aromatic hydroxyl groups is 2. The summed E-state index contributed by atoms with van der Waals surface area (Å²) >= 11 is 0. The highest BCUT2D eigenvalue weighted by Crippen LogP contribution is 2.48. The van der Waals surface area contributed by atoms with Crippen molar-refractivity contribution >= 4 is 11.1 Å². The van der Waals surface area contributed by atoms with Crippen LogP contribution in [0.15, 0.2) is 60.7 Å². The average Bonchev–Trinajstić information content (AvgIpc) is 3.24. The van der Waals surface area contributed by atoms with E-state index < -0.39 is 11.9 Å². The van der Waals surface area contributed by atoms with Gasteiger partial charge in [0.25, 0.3) is 0 Å². The molecule has 6 heteroatoms. The van der Waals surface area contributed by atoms with E-state index in [2.05, 4.69) is 11.8 Å². The van der Waals surface area contributed by atoms with Crippen molar-refractivity contribution in [3.63, 3.8) is 0 Å². The first-order valence-corrected chi connectivity index (χ1v) is 12.0. The fraction of sp³-hybridized carbons (Fsp3) is 0.310. The molecule has 2 aliphatic heterocycles. The fourth-order valence-electron chi connectivity index (χ4n) is 5.05. The van der Waals surface area contributed by atoms with E-state index >= 15 is 0 Å². The van der Waals surface area contributed by atoms with E-state index in [-0.39, 0.29) is 11.5 Å². The molecule has 35 heavy (non-hydrogen) atoms. The van der Waals surface area contributed by atoms with Crippen LogP contribution in [0.25, 0.3) is 11.1 Å². The molecular formula is C29H30FNO4. The number of phenols is 2. The Bertz CT molecular complexity index is 1240. The summed E-state index contributed by atoms with van der Waals surface area (Å²) in [6, 6.07) is 17.1. The number of benzene rings is 3. The van der Waals surface area contributed by atoms with Gasteiger partial charge in [0.05, 0.1) is 5.56 Å². The molecule has 0 aliphatic carbocycles.